The molecule has 0 amide bonds. The van der Waals surface area contributed by atoms with Crippen LogP contribution in [-0.4, -0.2) is 25.1 Å². The third-order valence-electron chi connectivity index (χ3n) is 1.54. The van der Waals surface area contributed by atoms with Crippen LogP contribution in [-0.2, 0) is 6.54 Å². The first kappa shape index (κ1) is 9.07. The minimum atomic E-state index is 0.559. The van der Waals surface area contributed by atoms with Gasteiger partial charge in [0.25, 0.3) is 0 Å². The van der Waals surface area contributed by atoms with Gasteiger partial charge in [-0.3, -0.25) is 5.10 Å². The molecule has 14 heavy (non-hydrogen) atoms. The van der Waals surface area contributed by atoms with E-state index in [0.29, 0.717) is 6.54 Å². The molecule has 0 spiro atoms. The molecule has 2 aromatic rings. The Morgan fingerprint density at radius 1 is 1.29 bits per heavy atom. The number of rotatable bonds is 3. The van der Waals surface area contributed by atoms with E-state index in [2.05, 4.69) is 46.4 Å². The van der Waals surface area contributed by atoms with Crippen molar-refractivity contribution in [3.8, 4) is 0 Å². The summed E-state index contributed by atoms with van der Waals surface area (Å²) in [5, 5.41) is 9.55. The van der Waals surface area contributed by atoms with Crippen molar-refractivity contribution in [1.29, 1.82) is 0 Å². The quantitative estimate of drug-likeness (QED) is 0.799. The highest BCUT2D eigenvalue weighted by Crippen LogP contribution is 2.09. The lowest BCUT2D eigenvalue weighted by Gasteiger charge is -2.01. The van der Waals surface area contributed by atoms with Gasteiger partial charge in [0.15, 0.2) is 0 Å². The fourth-order valence-corrected chi connectivity index (χ4v) is 1.23. The number of hydrogen-bond donors (Lipinski definition) is 2. The largest absolute Gasteiger partial charge is 0.363 e. The fraction of sp³-hybridized carbons (Fsp3) is 0.143. The van der Waals surface area contributed by atoms with Crippen molar-refractivity contribution in [1.82, 2.24) is 25.1 Å². The second kappa shape index (κ2) is 4.14. The highest BCUT2D eigenvalue weighted by Gasteiger charge is 1.97. The van der Waals surface area contributed by atoms with Crippen LogP contribution < -0.4 is 5.32 Å². The van der Waals surface area contributed by atoms with E-state index in [1.54, 1.807) is 6.07 Å². The van der Waals surface area contributed by atoms with Gasteiger partial charge in [-0.1, -0.05) is 0 Å². The van der Waals surface area contributed by atoms with Crippen molar-refractivity contribution in [2.24, 2.45) is 0 Å². The van der Waals surface area contributed by atoms with Gasteiger partial charge >= 0.3 is 0 Å². The summed E-state index contributed by atoms with van der Waals surface area (Å²) in [7, 11) is 0. The van der Waals surface area contributed by atoms with Gasteiger partial charge < -0.3 is 5.32 Å². The maximum atomic E-state index is 4.02. The minimum absolute atomic E-state index is 0.559. The standard InChI is InChI=1S/C7H7BrN6/c8-5-1-6(11-3-10-5)9-2-7-12-4-13-14-7/h1,3-4H,2H2,(H,9,10,11)(H,12,13,14). The Kier molecular flexibility index (Phi) is 2.68. The Labute approximate surface area is 88.3 Å². The number of halogens is 1. The molecule has 0 fully saturated rings. The molecule has 0 aliphatic rings. The molecule has 7 heteroatoms. The first-order valence-electron chi connectivity index (χ1n) is 3.90. The molecule has 0 aliphatic carbocycles. The summed E-state index contributed by atoms with van der Waals surface area (Å²) in [5.41, 5.74) is 0. The van der Waals surface area contributed by atoms with Crippen LogP contribution in [0, 0.1) is 0 Å². The SMILES string of the molecule is Brc1cc(NCc2ncn[nH]2)ncn1. The molecule has 0 atom stereocenters. The number of hydrogen-bond acceptors (Lipinski definition) is 5. The van der Waals surface area contributed by atoms with E-state index in [9.17, 15) is 0 Å². The molecule has 6 nitrogen and oxygen atoms in total. The Morgan fingerprint density at radius 2 is 2.21 bits per heavy atom. The van der Waals surface area contributed by atoms with Gasteiger partial charge in [-0.15, -0.1) is 0 Å². The molecular formula is C7H7BrN6. The lowest BCUT2D eigenvalue weighted by atomic mass is 10.5. The average molecular weight is 255 g/mol. The molecule has 2 aromatic heterocycles. The van der Waals surface area contributed by atoms with Crippen molar-refractivity contribution >= 4 is 21.7 Å². The third kappa shape index (κ3) is 2.25. The second-order valence-corrected chi connectivity index (χ2v) is 3.32. The van der Waals surface area contributed by atoms with Gasteiger partial charge in [-0.25, -0.2) is 15.0 Å². The number of nitrogens with one attached hydrogen (secondary N) is 2. The Bertz CT molecular complexity index is 400. The van der Waals surface area contributed by atoms with Gasteiger partial charge in [-0.05, 0) is 15.9 Å². The first-order valence-corrected chi connectivity index (χ1v) is 4.69. The monoisotopic (exact) mass is 254 g/mol. The van der Waals surface area contributed by atoms with Gasteiger partial charge in [0.1, 0.15) is 28.9 Å². The van der Waals surface area contributed by atoms with E-state index in [-0.39, 0.29) is 0 Å². The predicted molar refractivity (Wildman–Crippen MR) is 53.4 cm³/mol. The molecule has 0 radical (unpaired) electrons. The Hall–Kier alpha value is -1.50. The van der Waals surface area contributed by atoms with Gasteiger partial charge in [-0.2, -0.15) is 5.10 Å². The van der Waals surface area contributed by atoms with Crippen LogP contribution in [0.5, 0.6) is 0 Å². The number of aromatic amines is 1. The van der Waals surface area contributed by atoms with Crippen LogP contribution in [0.2, 0.25) is 0 Å². The number of nitrogens with zero attached hydrogens (tertiary/aromatic N) is 4. The van der Waals surface area contributed by atoms with E-state index < -0.39 is 0 Å². The van der Waals surface area contributed by atoms with Crippen molar-refractivity contribution in [2.75, 3.05) is 5.32 Å². The average Bonchev–Trinajstić information content (AvgIpc) is 2.67. The molecule has 0 bridgehead atoms. The van der Waals surface area contributed by atoms with E-state index in [0.717, 1.165) is 16.2 Å². The van der Waals surface area contributed by atoms with Gasteiger partial charge in [0.2, 0.25) is 0 Å². The maximum absolute atomic E-state index is 4.02. The summed E-state index contributed by atoms with van der Waals surface area (Å²) in [6, 6.07) is 1.79. The summed E-state index contributed by atoms with van der Waals surface area (Å²) < 4.78 is 0.743. The summed E-state index contributed by atoms with van der Waals surface area (Å²) in [5.74, 6) is 1.50. The molecule has 2 heterocycles. The van der Waals surface area contributed by atoms with Crippen LogP contribution in [0.15, 0.2) is 23.3 Å². The summed E-state index contributed by atoms with van der Waals surface area (Å²) in [4.78, 5) is 11.9. The molecule has 0 aliphatic heterocycles. The lowest BCUT2D eigenvalue weighted by molar-refractivity contribution is 0.943. The van der Waals surface area contributed by atoms with E-state index in [1.807, 2.05) is 0 Å². The normalized spacial score (nSPS) is 10.1. The molecular weight excluding hydrogens is 248 g/mol. The van der Waals surface area contributed by atoms with Crippen LogP contribution in [0.25, 0.3) is 0 Å². The van der Waals surface area contributed by atoms with Crippen molar-refractivity contribution < 1.29 is 0 Å². The molecule has 2 rings (SSSR count). The molecule has 2 N–H and O–H groups in total. The zero-order valence-electron chi connectivity index (χ0n) is 7.11. The van der Waals surface area contributed by atoms with Crippen LogP contribution in [0.1, 0.15) is 5.82 Å². The smallest absolute Gasteiger partial charge is 0.143 e. The topological polar surface area (TPSA) is 79.4 Å². The van der Waals surface area contributed by atoms with Crippen molar-refractivity contribution in [3.05, 3.63) is 29.1 Å². The predicted octanol–water partition coefficient (Wildman–Crippen LogP) is 0.969. The van der Waals surface area contributed by atoms with Crippen LogP contribution >= 0.6 is 15.9 Å². The first-order chi connectivity index (χ1) is 6.84. The van der Waals surface area contributed by atoms with E-state index in [1.165, 1.54) is 12.7 Å². The number of aromatic nitrogens is 5. The zero-order valence-corrected chi connectivity index (χ0v) is 8.69. The number of H-pyrrole nitrogens is 1. The van der Waals surface area contributed by atoms with Crippen molar-refractivity contribution in [2.45, 2.75) is 6.54 Å². The zero-order chi connectivity index (χ0) is 9.80. The summed E-state index contributed by atoms with van der Waals surface area (Å²) in [6.45, 7) is 0.559. The van der Waals surface area contributed by atoms with Crippen molar-refractivity contribution in [3.63, 3.8) is 0 Å². The van der Waals surface area contributed by atoms with Crippen LogP contribution in [0.4, 0.5) is 5.82 Å². The maximum Gasteiger partial charge on any atom is 0.143 e. The van der Waals surface area contributed by atoms with E-state index >= 15 is 0 Å². The number of anilines is 1. The molecule has 72 valence electrons. The fourth-order valence-electron chi connectivity index (χ4n) is 0.921. The molecule has 0 saturated heterocycles. The third-order valence-corrected chi connectivity index (χ3v) is 1.97. The molecule has 0 aromatic carbocycles. The Morgan fingerprint density at radius 3 is 2.93 bits per heavy atom. The minimum Gasteiger partial charge on any atom is -0.363 e. The lowest BCUT2D eigenvalue weighted by Crippen LogP contribution is -2.03. The van der Waals surface area contributed by atoms with E-state index in [4.69, 9.17) is 0 Å². The van der Waals surface area contributed by atoms with Gasteiger partial charge in [0, 0.05) is 6.07 Å². The summed E-state index contributed by atoms with van der Waals surface area (Å²) in [6.07, 6.45) is 2.94. The highest BCUT2D eigenvalue weighted by atomic mass is 79.9. The Balaban J connectivity index is 1.98. The van der Waals surface area contributed by atoms with Crippen LogP contribution in [0.3, 0.4) is 0 Å². The summed E-state index contributed by atoms with van der Waals surface area (Å²) >= 11 is 3.25. The highest BCUT2D eigenvalue weighted by molar-refractivity contribution is 9.10. The second-order valence-electron chi connectivity index (χ2n) is 2.51. The molecule has 0 saturated carbocycles. The molecule has 0 unspecified atom stereocenters. The van der Waals surface area contributed by atoms with Gasteiger partial charge in [0.05, 0.1) is 6.54 Å².